The second-order valence-electron chi connectivity index (χ2n) is 5.37. The highest BCUT2D eigenvalue weighted by Crippen LogP contribution is 2.45. The molecule has 92 valence electrons. The summed E-state index contributed by atoms with van der Waals surface area (Å²) in [5.41, 5.74) is 3.89. The molecule has 1 aliphatic carbocycles. The van der Waals surface area contributed by atoms with Gasteiger partial charge >= 0.3 is 0 Å². The first-order valence-electron chi connectivity index (χ1n) is 6.53. The number of allylic oxidation sites excluding steroid dienone is 3. The van der Waals surface area contributed by atoms with Gasteiger partial charge in [0, 0.05) is 23.7 Å². The molecule has 2 heteroatoms. The molecular formula is C15H21NO. The van der Waals surface area contributed by atoms with Crippen molar-refractivity contribution in [2.24, 2.45) is 10.4 Å². The molecule has 2 nitrogen and oxygen atoms in total. The van der Waals surface area contributed by atoms with Gasteiger partial charge in [0.1, 0.15) is 0 Å². The van der Waals surface area contributed by atoms with Crippen molar-refractivity contribution in [1.29, 1.82) is 0 Å². The van der Waals surface area contributed by atoms with Gasteiger partial charge in [0.15, 0.2) is 5.78 Å². The van der Waals surface area contributed by atoms with Crippen molar-refractivity contribution in [3.63, 3.8) is 0 Å². The van der Waals surface area contributed by atoms with Crippen LogP contribution in [0.4, 0.5) is 0 Å². The molecule has 2 rings (SSSR count). The number of nitrogens with zero attached hydrogens (tertiary/aromatic N) is 1. The number of carbonyl (C=O) groups excluding carboxylic acids is 1. The largest absolute Gasteiger partial charge is 0.295 e. The summed E-state index contributed by atoms with van der Waals surface area (Å²) < 4.78 is 0. The first-order valence-corrected chi connectivity index (χ1v) is 6.53. The van der Waals surface area contributed by atoms with Crippen LogP contribution in [-0.4, -0.2) is 11.5 Å². The zero-order valence-electron chi connectivity index (χ0n) is 11.0. The van der Waals surface area contributed by atoms with Crippen molar-refractivity contribution in [2.75, 3.05) is 0 Å². The van der Waals surface area contributed by atoms with Crippen LogP contribution in [0, 0.1) is 5.41 Å². The molecule has 2 aliphatic rings. The minimum Gasteiger partial charge on any atom is -0.295 e. The average Bonchev–Trinajstić information content (AvgIpc) is 2.29. The van der Waals surface area contributed by atoms with E-state index in [0.717, 1.165) is 32.1 Å². The molecule has 0 fully saturated rings. The third-order valence-electron chi connectivity index (χ3n) is 4.05. The zero-order chi connectivity index (χ0) is 12.5. The maximum absolute atomic E-state index is 11.6. The number of hydrogen-bond acceptors (Lipinski definition) is 2. The summed E-state index contributed by atoms with van der Waals surface area (Å²) in [7, 11) is 0. The van der Waals surface area contributed by atoms with E-state index in [4.69, 9.17) is 0 Å². The van der Waals surface area contributed by atoms with E-state index >= 15 is 0 Å². The minimum absolute atomic E-state index is 0.0384. The Morgan fingerprint density at radius 1 is 1.41 bits per heavy atom. The van der Waals surface area contributed by atoms with E-state index in [1.807, 2.05) is 12.3 Å². The Labute approximate surface area is 104 Å². The fourth-order valence-corrected chi connectivity index (χ4v) is 3.03. The van der Waals surface area contributed by atoms with Crippen LogP contribution in [0.5, 0.6) is 0 Å². The van der Waals surface area contributed by atoms with Crippen molar-refractivity contribution in [2.45, 2.75) is 52.9 Å². The Hall–Kier alpha value is -1.18. The van der Waals surface area contributed by atoms with E-state index < -0.39 is 0 Å². The quantitative estimate of drug-likeness (QED) is 0.710. The molecule has 0 spiro atoms. The molecule has 1 atom stereocenters. The number of aliphatic imine (C=N–C) groups is 1. The molecule has 0 aromatic carbocycles. The molecule has 1 heterocycles. The van der Waals surface area contributed by atoms with Crippen LogP contribution >= 0.6 is 0 Å². The smallest absolute Gasteiger partial charge is 0.155 e. The van der Waals surface area contributed by atoms with Crippen LogP contribution in [0.15, 0.2) is 28.4 Å². The SMILES string of the molecule is CCC1=CN=C(C)CC1(C)C1=CC(=O)CCC1. The summed E-state index contributed by atoms with van der Waals surface area (Å²) in [6.07, 6.45) is 8.67. The first kappa shape index (κ1) is 12.3. The Balaban J connectivity index is 2.38. The number of carbonyl (C=O) groups is 1. The maximum Gasteiger partial charge on any atom is 0.155 e. The minimum atomic E-state index is 0.0384. The predicted octanol–water partition coefficient (Wildman–Crippen LogP) is 3.83. The Bertz CT molecular complexity index is 428. The average molecular weight is 231 g/mol. The molecule has 0 saturated carbocycles. The van der Waals surface area contributed by atoms with Gasteiger partial charge in [-0.1, -0.05) is 19.4 Å². The summed E-state index contributed by atoms with van der Waals surface area (Å²) in [5, 5.41) is 0. The monoisotopic (exact) mass is 231 g/mol. The summed E-state index contributed by atoms with van der Waals surface area (Å²) in [6, 6.07) is 0. The molecule has 0 aromatic rings. The Kier molecular flexibility index (Phi) is 3.32. The molecule has 0 N–H and O–H groups in total. The van der Waals surface area contributed by atoms with E-state index in [-0.39, 0.29) is 5.41 Å². The van der Waals surface area contributed by atoms with Gasteiger partial charge in [-0.2, -0.15) is 0 Å². The van der Waals surface area contributed by atoms with Gasteiger partial charge in [0.05, 0.1) is 0 Å². The molecule has 0 radical (unpaired) electrons. The van der Waals surface area contributed by atoms with Crippen molar-refractivity contribution < 1.29 is 4.79 Å². The van der Waals surface area contributed by atoms with E-state index in [1.165, 1.54) is 16.9 Å². The molecule has 0 amide bonds. The zero-order valence-corrected chi connectivity index (χ0v) is 11.0. The second-order valence-corrected chi connectivity index (χ2v) is 5.37. The van der Waals surface area contributed by atoms with Crippen molar-refractivity contribution in [3.05, 3.63) is 23.4 Å². The summed E-state index contributed by atoms with van der Waals surface area (Å²) in [4.78, 5) is 16.0. The van der Waals surface area contributed by atoms with E-state index in [0.29, 0.717) is 5.78 Å². The highest BCUT2D eigenvalue weighted by molar-refractivity contribution is 5.92. The van der Waals surface area contributed by atoms with Crippen molar-refractivity contribution >= 4 is 11.5 Å². The van der Waals surface area contributed by atoms with Gasteiger partial charge in [-0.3, -0.25) is 9.79 Å². The third-order valence-corrected chi connectivity index (χ3v) is 4.05. The van der Waals surface area contributed by atoms with Gasteiger partial charge in [0.25, 0.3) is 0 Å². The van der Waals surface area contributed by atoms with Crippen LogP contribution in [0.1, 0.15) is 52.9 Å². The lowest BCUT2D eigenvalue weighted by Gasteiger charge is -2.38. The highest BCUT2D eigenvalue weighted by Gasteiger charge is 2.35. The third kappa shape index (κ3) is 2.26. The van der Waals surface area contributed by atoms with E-state index in [2.05, 4.69) is 25.8 Å². The van der Waals surface area contributed by atoms with E-state index in [9.17, 15) is 4.79 Å². The lowest BCUT2D eigenvalue weighted by molar-refractivity contribution is -0.115. The van der Waals surface area contributed by atoms with Gasteiger partial charge in [-0.15, -0.1) is 0 Å². The first-order chi connectivity index (χ1) is 8.06. The van der Waals surface area contributed by atoms with Crippen LogP contribution in [-0.2, 0) is 4.79 Å². The van der Waals surface area contributed by atoms with Crippen LogP contribution in [0.25, 0.3) is 0 Å². The van der Waals surface area contributed by atoms with Crippen molar-refractivity contribution in [1.82, 2.24) is 0 Å². The summed E-state index contributed by atoms with van der Waals surface area (Å²) >= 11 is 0. The molecule has 0 aromatic heterocycles. The highest BCUT2D eigenvalue weighted by atomic mass is 16.1. The van der Waals surface area contributed by atoms with Gasteiger partial charge in [-0.05, 0) is 44.3 Å². The Morgan fingerprint density at radius 3 is 2.82 bits per heavy atom. The van der Waals surface area contributed by atoms with Gasteiger partial charge < -0.3 is 0 Å². The van der Waals surface area contributed by atoms with Crippen LogP contribution in [0.3, 0.4) is 0 Å². The second kappa shape index (κ2) is 4.59. The molecular weight excluding hydrogens is 210 g/mol. The normalized spacial score (nSPS) is 29.6. The summed E-state index contributed by atoms with van der Waals surface area (Å²) in [5.74, 6) is 0.295. The van der Waals surface area contributed by atoms with Gasteiger partial charge in [0.2, 0.25) is 0 Å². The molecule has 0 saturated heterocycles. The molecule has 17 heavy (non-hydrogen) atoms. The fraction of sp³-hybridized carbons (Fsp3) is 0.600. The van der Waals surface area contributed by atoms with Gasteiger partial charge in [-0.25, -0.2) is 0 Å². The lowest BCUT2D eigenvalue weighted by atomic mass is 9.67. The van der Waals surface area contributed by atoms with Crippen molar-refractivity contribution in [3.8, 4) is 0 Å². The Morgan fingerprint density at radius 2 is 2.18 bits per heavy atom. The topological polar surface area (TPSA) is 29.4 Å². The van der Waals surface area contributed by atoms with Crippen LogP contribution < -0.4 is 0 Å². The number of ketones is 1. The van der Waals surface area contributed by atoms with Crippen LogP contribution in [0.2, 0.25) is 0 Å². The molecule has 0 bridgehead atoms. The maximum atomic E-state index is 11.6. The summed E-state index contributed by atoms with van der Waals surface area (Å²) in [6.45, 7) is 6.52. The standard InChI is InChI=1S/C15H21NO/c1-4-12-10-16-11(2)9-15(12,3)13-6-5-7-14(17)8-13/h8,10H,4-7,9H2,1-3H3. The molecule has 1 unspecified atom stereocenters. The predicted molar refractivity (Wildman–Crippen MR) is 71.1 cm³/mol. The number of rotatable bonds is 2. The van der Waals surface area contributed by atoms with E-state index in [1.54, 1.807) is 0 Å². The fourth-order valence-electron chi connectivity index (χ4n) is 3.03. The molecule has 1 aliphatic heterocycles. The number of hydrogen-bond donors (Lipinski definition) is 0. The lowest BCUT2D eigenvalue weighted by Crippen LogP contribution is -2.29.